The topological polar surface area (TPSA) is 122 Å². The molecule has 0 aliphatic heterocycles. The van der Waals surface area contributed by atoms with Crippen molar-refractivity contribution in [2.24, 2.45) is 5.92 Å². The van der Waals surface area contributed by atoms with E-state index < -0.39 is 0 Å². The summed E-state index contributed by atoms with van der Waals surface area (Å²) in [5.41, 5.74) is 0. The first kappa shape index (κ1) is 20.3. The second kappa shape index (κ2) is 11.6. The van der Waals surface area contributed by atoms with Crippen LogP contribution in [0.1, 0.15) is 32.1 Å². The molecule has 2 aromatic heterocycles. The highest BCUT2D eigenvalue weighted by Crippen LogP contribution is 2.26. The van der Waals surface area contributed by atoms with E-state index in [0.717, 1.165) is 38.6 Å². The van der Waals surface area contributed by atoms with Crippen molar-refractivity contribution in [3.63, 3.8) is 0 Å². The molecule has 0 bridgehead atoms. The lowest BCUT2D eigenvalue weighted by atomic mass is 9.85. The third-order valence-corrected chi connectivity index (χ3v) is 4.45. The van der Waals surface area contributed by atoms with Gasteiger partial charge in [-0.15, -0.1) is 0 Å². The Labute approximate surface area is 158 Å². The number of hydrogen-bond donors (Lipinski definition) is 3. The van der Waals surface area contributed by atoms with E-state index in [9.17, 15) is 4.79 Å². The molecule has 2 aromatic rings. The highest BCUT2D eigenvalue weighted by Gasteiger charge is 2.26. The van der Waals surface area contributed by atoms with Gasteiger partial charge in [-0.2, -0.15) is 0 Å². The Hall–Kier alpha value is -2.97. The molecular formula is C18H26N6O3. The molecule has 3 rings (SSSR count). The van der Waals surface area contributed by atoms with Crippen LogP contribution in [0.3, 0.4) is 0 Å². The molecule has 3 N–H and O–H groups in total. The summed E-state index contributed by atoms with van der Waals surface area (Å²) in [6.45, 7) is 1.35. The zero-order valence-corrected chi connectivity index (χ0v) is 15.2. The van der Waals surface area contributed by atoms with Gasteiger partial charge in [0, 0.05) is 49.8 Å². The zero-order chi connectivity index (χ0) is 19.3. The van der Waals surface area contributed by atoms with Crippen molar-refractivity contribution in [3.05, 3.63) is 37.2 Å². The maximum atomic E-state index is 12.2. The van der Waals surface area contributed by atoms with Gasteiger partial charge < -0.3 is 20.3 Å². The summed E-state index contributed by atoms with van der Waals surface area (Å²) in [6.07, 6.45) is 13.7. The van der Waals surface area contributed by atoms with Crippen molar-refractivity contribution in [1.29, 1.82) is 0 Å². The molecule has 0 aromatic carbocycles. The molecule has 0 unspecified atom stereocenters. The SMILES string of the molecule is O=C(NCCCn1ccnc1)C1CCC(Nc2ncccn2)CC1.O=CO. The maximum absolute atomic E-state index is 12.2. The number of carboxylic acid groups (broad SMARTS) is 1. The van der Waals surface area contributed by atoms with E-state index in [0.29, 0.717) is 18.5 Å². The number of aromatic nitrogens is 4. The van der Waals surface area contributed by atoms with Gasteiger partial charge in [0.2, 0.25) is 11.9 Å². The quantitative estimate of drug-likeness (QED) is 0.496. The number of aryl methyl sites for hydroxylation is 1. The summed E-state index contributed by atoms with van der Waals surface area (Å²) >= 11 is 0. The lowest BCUT2D eigenvalue weighted by molar-refractivity contribution is -0.126. The van der Waals surface area contributed by atoms with Gasteiger partial charge in [0.25, 0.3) is 6.47 Å². The van der Waals surface area contributed by atoms with Gasteiger partial charge in [0.05, 0.1) is 6.33 Å². The molecule has 0 radical (unpaired) electrons. The molecular weight excluding hydrogens is 348 g/mol. The molecule has 1 aliphatic carbocycles. The van der Waals surface area contributed by atoms with E-state index in [4.69, 9.17) is 9.90 Å². The molecule has 9 nitrogen and oxygen atoms in total. The molecule has 1 saturated carbocycles. The first-order chi connectivity index (χ1) is 13.2. The number of hydrogen-bond acceptors (Lipinski definition) is 6. The molecule has 0 saturated heterocycles. The number of carbonyl (C=O) groups excluding carboxylic acids is 1. The number of nitrogens with zero attached hydrogens (tertiary/aromatic N) is 4. The van der Waals surface area contributed by atoms with Crippen molar-refractivity contribution in [2.75, 3.05) is 11.9 Å². The Morgan fingerprint density at radius 1 is 1.22 bits per heavy atom. The molecule has 0 spiro atoms. The largest absolute Gasteiger partial charge is 0.483 e. The molecule has 2 heterocycles. The molecule has 1 aliphatic rings. The van der Waals surface area contributed by atoms with Crippen LogP contribution in [0.2, 0.25) is 0 Å². The number of anilines is 1. The second-order valence-electron chi connectivity index (χ2n) is 6.32. The highest BCUT2D eigenvalue weighted by atomic mass is 16.3. The molecule has 9 heteroatoms. The van der Waals surface area contributed by atoms with Crippen LogP contribution in [0.15, 0.2) is 37.2 Å². The van der Waals surface area contributed by atoms with Crippen LogP contribution in [-0.4, -0.2) is 49.6 Å². The van der Waals surface area contributed by atoms with Crippen LogP contribution in [0.4, 0.5) is 5.95 Å². The standard InChI is InChI=1S/C17H24N6O.CH2O2/c24-16(19-9-2-11-23-12-10-18-13-23)14-3-5-15(6-4-14)22-17-20-7-1-8-21-17;2-1-3/h1,7-8,10,12-15H,2-6,9,11H2,(H,19,24)(H,20,21,22);1H,(H,2,3). The van der Waals surface area contributed by atoms with Crippen LogP contribution >= 0.6 is 0 Å². The van der Waals surface area contributed by atoms with Gasteiger partial charge in [-0.1, -0.05) is 0 Å². The fraction of sp³-hybridized carbons (Fsp3) is 0.500. The first-order valence-corrected chi connectivity index (χ1v) is 9.07. The predicted molar refractivity (Wildman–Crippen MR) is 99.9 cm³/mol. The van der Waals surface area contributed by atoms with Crippen LogP contribution in [-0.2, 0) is 16.1 Å². The molecule has 27 heavy (non-hydrogen) atoms. The predicted octanol–water partition coefficient (Wildman–Crippen LogP) is 1.55. The van der Waals surface area contributed by atoms with Crippen LogP contribution in [0.25, 0.3) is 0 Å². The van der Waals surface area contributed by atoms with Crippen molar-refractivity contribution in [3.8, 4) is 0 Å². The van der Waals surface area contributed by atoms with Crippen molar-refractivity contribution < 1.29 is 14.7 Å². The van der Waals surface area contributed by atoms with Crippen LogP contribution in [0, 0.1) is 5.92 Å². The van der Waals surface area contributed by atoms with Gasteiger partial charge in [0.1, 0.15) is 0 Å². The second-order valence-corrected chi connectivity index (χ2v) is 6.32. The molecule has 1 amide bonds. The highest BCUT2D eigenvalue weighted by molar-refractivity contribution is 5.78. The number of amides is 1. The summed E-state index contributed by atoms with van der Waals surface area (Å²) in [5, 5.41) is 13.3. The number of nitrogens with one attached hydrogen (secondary N) is 2. The number of carbonyl (C=O) groups is 2. The summed E-state index contributed by atoms with van der Waals surface area (Å²) in [4.78, 5) is 33.0. The Bertz CT molecular complexity index is 657. The average Bonchev–Trinajstić information content (AvgIpc) is 3.21. The maximum Gasteiger partial charge on any atom is 0.290 e. The van der Waals surface area contributed by atoms with Crippen LogP contribution < -0.4 is 10.6 Å². The number of rotatable bonds is 7. The third kappa shape index (κ3) is 7.43. The van der Waals surface area contributed by atoms with Gasteiger partial charge in [-0.05, 0) is 38.2 Å². The van der Waals surface area contributed by atoms with E-state index in [-0.39, 0.29) is 18.3 Å². The molecule has 0 atom stereocenters. The molecule has 146 valence electrons. The van der Waals surface area contributed by atoms with Gasteiger partial charge in [-0.25, -0.2) is 15.0 Å². The minimum Gasteiger partial charge on any atom is -0.483 e. The smallest absolute Gasteiger partial charge is 0.290 e. The van der Waals surface area contributed by atoms with Gasteiger partial charge >= 0.3 is 0 Å². The zero-order valence-electron chi connectivity index (χ0n) is 15.2. The van der Waals surface area contributed by atoms with Gasteiger partial charge in [-0.3, -0.25) is 9.59 Å². The van der Waals surface area contributed by atoms with E-state index in [1.54, 1.807) is 31.0 Å². The van der Waals surface area contributed by atoms with Crippen LogP contribution in [0.5, 0.6) is 0 Å². The fourth-order valence-corrected chi connectivity index (χ4v) is 3.09. The fourth-order valence-electron chi connectivity index (χ4n) is 3.09. The minimum absolute atomic E-state index is 0.132. The normalized spacial score (nSPS) is 18.7. The Kier molecular flexibility index (Phi) is 8.75. The van der Waals surface area contributed by atoms with Gasteiger partial charge in [0.15, 0.2) is 0 Å². The lowest BCUT2D eigenvalue weighted by Crippen LogP contribution is -2.36. The van der Waals surface area contributed by atoms with E-state index in [1.165, 1.54) is 0 Å². The van der Waals surface area contributed by atoms with E-state index >= 15 is 0 Å². The van der Waals surface area contributed by atoms with Crippen molar-refractivity contribution in [1.82, 2.24) is 24.8 Å². The van der Waals surface area contributed by atoms with Crippen molar-refractivity contribution in [2.45, 2.75) is 44.7 Å². The Morgan fingerprint density at radius 2 is 1.93 bits per heavy atom. The third-order valence-electron chi connectivity index (χ3n) is 4.45. The average molecular weight is 374 g/mol. The summed E-state index contributed by atoms with van der Waals surface area (Å²) in [6, 6.07) is 2.16. The lowest BCUT2D eigenvalue weighted by Gasteiger charge is -2.28. The summed E-state index contributed by atoms with van der Waals surface area (Å²) in [5.74, 6) is 0.993. The summed E-state index contributed by atoms with van der Waals surface area (Å²) < 4.78 is 2.02. The first-order valence-electron chi connectivity index (χ1n) is 9.07. The monoisotopic (exact) mass is 374 g/mol. The molecule has 1 fully saturated rings. The Morgan fingerprint density at radius 3 is 2.56 bits per heavy atom. The minimum atomic E-state index is -0.250. The van der Waals surface area contributed by atoms with E-state index in [2.05, 4.69) is 25.6 Å². The summed E-state index contributed by atoms with van der Waals surface area (Å²) in [7, 11) is 0. The van der Waals surface area contributed by atoms with Crippen molar-refractivity contribution >= 4 is 18.3 Å². The van der Waals surface area contributed by atoms with E-state index in [1.807, 2.05) is 10.8 Å². The number of imidazole rings is 1. The Balaban J connectivity index is 0.000000817.